The van der Waals surface area contributed by atoms with Crippen molar-refractivity contribution < 1.29 is 14.6 Å². The van der Waals surface area contributed by atoms with Crippen molar-refractivity contribution in [1.82, 2.24) is 4.98 Å². The maximum absolute atomic E-state index is 11.1. The number of benzene rings is 1. The molecule has 1 N–H and O–H groups in total. The lowest BCUT2D eigenvalue weighted by Crippen LogP contribution is -2.12. The first-order valence-corrected chi connectivity index (χ1v) is 6.63. The van der Waals surface area contributed by atoms with Gasteiger partial charge in [0.25, 0.3) is 0 Å². The number of hydrogen-bond donors (Lipinski definition) is 1. The maximum Gasteiger partial charge on any atom is 0.354 e. The van der Waals surface area contributed by atoms with Crippen LogP contribution in [-0.2, 0) is 0 Å². The molecule has 0 aliphatic carbocycles. The lowest BCUT2D eigenvalue weighted by Gasteiger charge is -2.18. The third-order valence-electron chi connectivity index (χ3n) is 3.02. The molecule has 4 heteroatoms. The summed E-state index contributed by atoms with van der Waals surface area (Å²) < 4.78 is 5.71. The molecule has 4 nitrogen and oxygen atoms in total. The first-order chi connectivity index (χ1) is 9.37. The molecule has 1 heterocycles. The average Bonchev–Trinajstić information content (AvgIpc) is 2.36. The normalized spacial score (nSPS) is 11.6. The van der Waals surface area contributed by atoms with Crippen LogP contribution in [0.1, 0.15) is 37.7 Å². The Labute approximate surface area is 118 Å². The van der Waals surface area contributed by atoms with Crippen molar-refractivity contribution in [3.63, 3.8) is 0 Å². The Kier molecular flexibility index (Phi) is 3.93. The van der Waals surface area contributed by atoms with E-state index >= 15 is 0 Å². The van der Waals surface area contributed by atoms with Gasteiger partial charge in [-0.3, -0.25) is 0 Å². The first-order valence-electron chi connectivity index (χ1n) is 6.63. The summed E-state index contributed by atoms with van der Waals surface area (Å²) in [7, 11) is 0. The van der Waals surface area contributed by atoms with Gasteiger partial charge in [0.15, 0.2) is 5.69 Å². The van der Waals surface area contributed by atoms with Crippen LogP contribution in [-0.4, -0.2) is 22.7 Å². The average molecular weight is 273 g/mol. The highest BCUT2D eigenvalue weighted by atomic mass is 16.5. The monoisotopic (exact) mass is 273 g/mol. The minimum atomic E-state index is -1.04. The molecule has 0 spiro atoms. The highest BCUT2D eigenvalue weighted by Gasteiger charge is 2.14. The topological polar surface area (TPSA) is 59.4 Å². The number of carboxylic acid groups (broad SMARTS) is 1. The van der Waals surface area contributed by atoms with E-state index in [0.717, 1.165) is 17.2 Å². The quantitative estimate of drug-likeness (QED) is 0.921. The number of rotatable bonds is 4. The second-order valence-corrected chi connectivity index (χ2v) is 6.00. The lowest BCUT2D eigenvalue weighted by atomic mass is 9.93. The fourth-order valence-electron chi connectivity index (χ4n) is 1.84. The van der Waals surface area contributed by atoms with E-state index in [0.29, 0.717) is 12.5 Å². The number of aromatic nitrogens is 1. The molecule has 1 aromatic carbocycles. The van der Waals surface area contributed by atoms with E-state index in [1.807, 2.05) is 24.3 Å². The predicted octanol–water partition coefficient (Wildman–Crippen LogP) is 3.75. The molecule has 1 aromatic heterocycles. The van der Waals surface area contributed by atoms with E-state index in [-0.39, 0.29) is 11.1 Å². The number of hydrogen-bond acceptors (Lipinski definition) is 3. The Hall–Kier alpha value is -2.10. The molecule has 2 rings (SSSR count). The molecular formula is C16H19NO3. The van der Waals surface area contributed by atoms with Crippen molar-refractivity contribution >= 4 is 16.7 Å². The van der Waals surface area contributed by atoms with Gasteiger partial charge in [0.1, 0.15) is 0 Å². The van der Waals surface area contributed by atoms with Gasteiger partial charge in [0, 0.05) is 5.39 Å². The summed E-state index contributed by atoms with van der Waals surface area (Å²) in [4.78, 5) is 15.2. The minimum absolute atomic E-state index is 0.00876. The number of ether oxygens (including phenoxy) is 1. The molecule has 0 fully saturated rings. The van der Waals surface area contributed by atoms with Crippen LogP contribution in [0.4, 0.5) is 0 Å². The van der Waals surface area contributed by atoms with Crippen LogP contribution < -0.4 is 4.74 Å². The van der Waals surface area contributed by atoms with Gasteiger partial charge < -0.3 is 9.84 Å². The molecule has 0 amide bonds. The number of nitrogens with zero attached hydrogens (tertiary/aromatic N) is 1. The van der Waals surface area contributed by atoms with Gasteiger partial charge in [-0.25, -0.2) is 9.78 Å². The molecular weight excluding hydrogens is 254 g/mol. The van der Waals surface area contributed by atoms with Crippen LogP contribution in [0.25, 0.3) is 10.8 Å². The summed E-state index contributed by atoms with van der Waals surface area (Å²) >= 11 is 0. The summed E-state index contributed by atoms with van der Waals surface area (Å²) in [5.74, 6) is -0.652. The van der Waals surface area contributed by atoms with Gasteiger partial charge in [0.2, 0.25) is 5.88 Å². The molecule has 0 saturated carbocycles. The molecule has 0 radical (unpaired) electrons. The summed E-state index contributed by atoms with van der Waals surface area (Å²) in [5.41, 5.74) is 0.176. The summed E-state index contributed by atoms with van der Waals surface area (Å²) in [6.07, 6.45) is 0.875. The van der Waals surface area contributed by atoms with Crippen molar-refractivity contribution in [1.29, 1.82) is 0 Å². The molecule has 2 aromatic rings. The summed E-state index contributed by atoms with van der Waals surface area (Å²) in [5, 5.41) is 10.8. The zero-order valence-electron chi connectivity index (χ0n) is 12.0. The minimum Gasteiger partial charge on any atom is -0.477 e. The molecule has 0 aliphatic rings. The Balaban J connectivity index is 2.32. The Morgan fingerprint density at radius 2 is 2.00 bits per heavy atom. The second kappa shape index (κ2) is 5.49. The molecule has 20 heavy (non-hydrogen) atoms. The Morgan fingerprint density at radius 3 is 2.65 bits per heavy atom. The molecule has 0 unspecified atom stereocenters. The van der Waals surface area contributed by atoms with Crippen molar-refractivity contribution in [2.75, 3.05) is 6.61 Å². The van der Waals surface area contributed by atoms with Crippen molar-refractivity contribution in [3.8, 4) is 5.88 Å². The SMILES string of the molecule is CC(C)(C)CCOc1nc(C(=O)O)cc2ccccc12. The Morgan fingerprint density at radius 1 is 1.30 bits per heavy atom. The van der Waals surface area contributed by atoms with Crippen LogP contribution in [0, 0.1) is 5.41 Å². The molecule has 106 valence electrons. The number of carboxylic acids is 1. The van der Waals surface area contributed by atoms with Crippen LogP contribution in [0.3, 0.4) is 0 Å². The third-order valence-corrected chi connectivity index (χ3v) is 3.02. The number of aromatic carboxylic acids is 1. The van der Waals surface area contributed by atoms with E-state index in [1.165, 1.54) is 0 Å². The molecule has 0 bridgehead atoms. The maximum atomic E-state index is 11.1. The predicted molar refractivity (Wildman–Crippen MR) is 78.3 cm³/mol. The van der Waals surface area contributed by atoms with Crippen LogP contribution in [0.5, 0.6) is 5.88 Å². The van der Waals surface area contributed by atoms with E-state index in [2.05, 4.69) is 25.8 Å². The van der Waals surface area contributed by atoms with E-state index in [4.69, 9.17) is 9.84 Å². The zero-order valence-corrected chi connectivity index (χ0v) is 12.0. The smallest absolute Gasteiger partial charge is 0.354 e. The lowest BCUT2D eigenvalue weighted by molar-refractivity contribution is 0.0689. The van der Waals surface area contributed by atoms with Crippen molar-refractivity contribution in [2.45, 2.75) is 27.2 Å². The fraction of sp³-hybridized carbons (Fsp3) is 0.375. The first kappa shape index (κ1) is 14.3. The van der Waals surface area contributed by atoms with Gasteiger partial charge in [-0.05, 0) is 29.4 Å². The van der Waals surface area contributed by atoms with Gasteiger partial charge in [0.05, 0.1) is 6.61 Å². The van der Waals surface area contributed by atoms with Crippen LogP contribution in [0.15, 0.2) is 30.3 Å². The largest absolute Gasteiger partial charge is 0.477 e. The summed E-state index contributed by atoms with van der Waals surface area (Å²) in [6, 6.07) is 9.07. The van der Waals surface area contributed by atoms with Gasteiger partial charge in [-0.1, -0.05) is 39.0 Å². The van der Waals surface area contributed by atoms with Crippen LogP contribution >= 0.6 is 0 Å². The molecule has 0 atom stereocenters. The highest BCUT2D eigenvalue weighted by Crippen LogP contribution is 2.26. The van der Waals surface area contributed by atoms with E-state index in [1.54, 1.807) is 6.07 Å². The summed E-state index contributed by atoms with van der Waals surface area (Å²) in [6.45, 7) is 6.92. The molecule has 0 aliphatic heterocycles. The zero-order chi connectivity index (χ0) is 14.8. The third kappa shape index (κ3) is 3.47. The van der Waals surface area contributed by atoms with E-state index < -0.39 is 5.97 Å². The standard InChI is InChI=1S/C16H19NO3/c1-16(2,3)8-9-20-14-12-7-5-4-6-11(12)10-13(17-14)15(18)19/h4-7,10H,8-9H2,1-3H3,(H,18,19). The number of carbonyl (C=O) groups is 1. The van der Waals surface area contributed by atoms with E-state index in [9.17, 15) is 4.79 Å². The second-order valence-electron chi connectivity index (χ2n) is 6.00. The van der Waals surface area contributed by atoms with Gasteiger partial charge >= 0.3 is 5.97 Å². The van der Waals surface area contributed by atoms with Crippen molar-refractivity contribution in [3.05, 3.63) is 36.0 Å². The fourth-order valence-corrected chi connectivity index (χ4v) is 1.84. The highest BCUT2D eigenvalue weighted by molar-refractivity contribution is 5.94. The Bertz CT molecular complexity index is 629. The van der Waals surface area contributed by atoms with Crippen LogP contribution in [0.2, 0.25) is 0 Å². The number of fused-ring (bicyclic) bond motifs is 1. The van der Waals surface area contributed by atoms with Gasteiger partial charge in [-0.15, -0.1) is 0 Å². The van der Waals surface area contributed by atoms with Crippen molar-refractivity contribution in [2.24, 2.45) is 5.41 Å². The van der Waals surface area contributed by atoms with Gasteiger partial charge in [-0.2, -0.15) is 0 Å². The number of pyridine rings is 1. The molecule has 0 saturated heterocycles.